The zero-order valence-corrected chi connectivity index (χ0v) is 16.2. The Morgan fingerprint density at radius 2 is 2.09 bits per heavy atom. The predicted molar refractivity (Wildman–Crippen MR) is 99.7 cm³/mol. The van der Waals surface area contributed by atoms with Crippen LogP contribution in [0.4, 0.5) is 0 Å². The van der Waals surface area contributed by atoms with Crippen LogP contribution in [-0.2, 0) is 9.84 Å². The molecule has 0 bridgehead atoms. The number of halogens is 1. The van der Waals surface area contributed by atoms with Gasteiger partial charge in [-0.25, -0.2) is 8.42 Å². The second-order valence-corrected chi connectivity index (χ2v) is 8.32. The predicted octanol–water partition coefficient (Wildman–Crippen LogP) is 1.30. The maximum Gasteiger partial charge on any atom is 0.191 e. The number of hydrogen-bond acceptors (Lipinski definition) is 5. The fourth-order valence-corrected chi connectivity index (χ4v) is 4.72. The van der Waals surface area contributed by atoms with Gasteiger partial charge in [0.25, 0.3) is 0 Å². The van der Waals surface area contributed by atoms with Gasteiger partial charge in [-0.2, -0.15) is 0 Å². The maximum atomic E-state index is 12.0. The molecule has 22 heavy (non-hydrogen) atoms. The van der Waals surface area contributed by atoms with Crippen LogP contribution in [0.25, 0.3) is 0 Å². The summed E-state index contributed by atoms with van der Waals surface area (Å²) in [7, 11) is -3.44. The minimum atomic E-state index is -3.44. The van der Waals surface area contributed by atoms with E-state index in [1.165, 1.54) is 12.5 Å². The monoisotopic (exact) mass is 459 g/mol. The van der Waals surface area contributed by atoms with Crippen molar-refractivity contribution in [2.45, 2.75) is 29.6 Å². The highest BCUT2D eigenvalue weighted by atomic mass is 127. The van der Waals surface area contributed by atoms with E-state index in [0.29, 0.717) is 5.96 Å². The van der Waals surface area contributed by atoms with Crippen molar-refractivity contribution in [3.63, 3.8) is 0 Å². The van der Waals surface area contributed by atoms with E-state index in [4.69, 9.17) is 5.73 Å². The van der Waals surface area contributed by atoms with E-state index in [0.717, 1.165) is 37.3 Å². The Morgan fingerprint density at radius 3 is 2.68 bits per heavy atom. The summed E-state index contributed by atoms with van der Waals surface area (Å²) >= 11 is 1.15. The number of nitrogens with two attached hydrogens (primary N) is 1. The number of guanidine groups is 1. The van der Waals surface area contributed by atoms with E-state index in [-0.39, 0.29) is 40.5 Å². The van der Waals surface area contributed by atoms with Gasteiger partial charge in [-0.1, -0.05) is 6.07 Å². The fourth-order valence-electron chi connectivity index (χ4n) is 2.25. The summed E-state index contributed by atoms with van der Waals surface area (Å²) in [6.07, 6.45) is 2.34. The fraction of sp³-hybridized carbons (Fsp3) is 0.615. The van der Waals surface area contributed by atoms with E-state index in [2.05, 4.69) is 4.99 Å². The number of thiophene rings is 1. The largest absolute Gasteiger partial charge is 0.390 e. The third-order valence-electron chi connectivity index (χ3n) is 3.36. The lowest BCUT2D eigenvalue weighted by molar-refractivity contribution is 0.205. The average molecular weight is 459 g/mol. The Labute approximate surface area is 152 Å². The van der Waals surface area contributed by atoms with E-state index < -0.39 is 15.9 Å². The molecular weight excluding hydrogens is 437 g/mol. The van der Waals surface area contributed by atoms with Crippen molar-refractivity contribution < 1.29 is 13.5 Å². The number of sulfone groups is 1. The first-order valence-corrected chi connectivity index (χ1v) is 9.51. The number of piperidine rings is 1. The van der Waals surface area contributed by atoms with Gasteiger partial charge in [-0.3, -0.25) is 4.99 Å². The topological polar surface area (TPSA) is 96.0 Å². The highest BCUT2D eigenvalue weighted by Crippen LogP contribution is 2.18. The van der Waals surface area contributed by atoms with Gasteiger partial charge in [0.05, 0.1) is 18.4 Å². The van der Waals surface area contributed by atoms with Crippen molar-refractivity contribution in [3.05, 3.63) is 17.5 Å². The number of nitrogens with zero attached hydrogens (tertiary/aromatic N) is 2. The van der Waals surface area contributed by atoms with Crippen LogP contribution in [0.1, 0.15) is 19.3 Å². The molecule has 2 rings (SSSR count). The molecule has 1 atom stereocenters. The molecule has 1 aromatic rings. The van der Waals surface area contributed by atoms with Crippen LogP contribution in [0.15, 0.2) is 26.7 Å². The molecule has 9 heteroatoms. The number of aliphatic hydroxyl groups excluding tert-OH is 1. The molecule has 1 saturated heterocycles. The van der Waals surface area contributed by atoms with E-state index in [1.807, 2.05) is 4.90 Å². The first-order valence-electron chi connectivity index (χ1n) is 6.98. The lowest BCUT2D eigenvalue weighted by atomic mass is 10.1. The third-order valence-corrected chi connectivity index (χ3v) is 6.64. The molecule has 1 aliphatic heterocycles. The van der Waals surface area contributed by atoms with Crippen LogP contribution in [0, 0.1) is 0 Å². The highest BCUT2D eigenvalue weighted by molar-refractivity contribution is 14.0. The van der Waals surface area contributed by atoms with Crippen molar-refractivity contribution in [1.29, 1.82) is 0 Å². The molecular formula is C13H22IN3O3S2. The molecule has 1 aromatic heterocycles. The standard InChI is InChI=1S/C13H21N3O3S2.HI/c14-13(16-6-2-1-3-7-16)15-9-11(17)10-21(18,19)12-5-4-8-20-12;/h4-5,8,11,17H,1-3,6-7,9-10H2,(H2,14,15);1H. The average Bonchev–Trinajstić information content (AvgIpc) is 3.00. The molecule has 126 valence electrons. The molecule has 0 amide bonds. The molecule has 3 N–H and O–H groups in total. The van der Waals surface area contributed by atoms with Gasteiger partial charge in [-0.15, -0.1) is 35.3 Å². The van der Waals surface area contributed by atoms with Gasteiger partial charge in [0.15, 0.2) is 15.8 Å². The normalized spacial score (nSPS) is 17.9. The molecule has 0 saturated carbocycles. The summed E-state index contributed by atoms with van der Waals surface area (Å²) in [6.45, 7) is 1.75. The lowest BCUT2D eigenvalue weighted by Crippen LogP contribution is -2.41. The quantitative estimate of drug-likeness (QED) is 0.393. The van der Waals surface area contributed by atoms with E-state index >= 15 is 0 Å². The van der Waals surface area contributed by atoms with Crippen LogP contribution in [-0.4, -0.2) is 55.9 Å². The summed E-state index contributed by atoms with van der Waals surface area (Å²) in [4.78, 5) is 6.10. The van der Waals surface area contributed by atoms with Gasteiger partial charge < -0.3 is 15.7 Å². The Hall–Kier alpha value is -0.390. The third kappa shape index (κ3) is 5.67. The molecule has 0 radical (unpaired) electrons. The van der Waals surface area contributed by atoms with Crippen LogP contribution in [0.2, 0.25) is 0 Å². The summed E-state index contributed by atoms with van der Waals surface area (Å²) in [5.41, 5.74) is 5.87. The molecule has 1 fully saturated rings. The summed E-state index contributed by atoms with van der Waals surface area (Å²) < 4.78 is 24.3. The smallest absolute Gasteiger partial charge is 0.191 e. The Bertz CT molecular complexity index is 569. The molecule has 1 unspecified atom stereocenters. The van der Waals surface area contributed by atoms with Crippen LogP contribution in [0.5, 0.6) is 0 Å². The molecule has 0 aliphatic carbocycles. The van der Waals surface area contributed by atoms with Crippen molar-refractivity contribution in [2.24, 2.45) is 10.7 Å². The second-order valence-electron chi connectivity index (χ2n) is 5.11. The first kappa shape index (κ1) is 19.7. The molecule has 0 aromatic carbocycles. The summed E-state index contributed by atoms with van der Waals surface area (Å²) in [5, 5.41) is 11.6. The minimum absolute atomic E-state index is 0. The number of likely N-dealkylation sites (tertiary alicyclic amines) is 1. The Kier molecular flexibility index (Phi) is 8.08. The van der Waals surface area contributed by atoms with Crippen LogP contribution in [0.3, 0.4) is 0 Å². The number of hydrogen-bond donors (Lipinski definition) is 2. The van der Waals surface area contributed by atoms with Crippen LogP contribution >= 0.6 is 35.3 Å². The number of aliphatic imine (C=N–C) groups is 1. The number of rotatable bonds is 5. The highest BCUT2D eigenvalue weighted by Gasteiger charge is 2.21. The van der Waals surface area contributed by atoms with Gasteiger partial charge >= 0.3 is 0 Å². The SMILES string of the molecule is I.NC(=NCC(O)CS(=O)(=O)c1cccs1)N1CCCCC1. The van der Waals surface area contributed by atoms with Crippen molar-refractivity contribution in [3.8, 4) is 0 Å². The first-order chi connectivity index (χ1) is 9.99. The van der Waals surface area contributed by atoms with Gasteiger partial charge in [0.1, 0.15) is 4.21 Å². The molecule has 6 nitrogen and oxygen atoms in total. The van der Waals surface area contributed by atoms with Gasteiger partial charge in [-0.05, 0) is 30.7 Å². The summed E-state index contributed by atoms with van der Waals surface area (Å²) in [6, 6.07) is 3.22. The Balaban J connectivity index is 0.00000242. The van der Waals surface area contributed by atoms with Crippen molar-refractivity contribution >= 4 is 51.1 Å². The lowest BCUT2D eigenvalue weighted by Gasteiger charge is -2.27. The minimum Gasteiger partial charge on any atom is -0.390 e. The zero-order chi connectivity index (χ0) is 15.3. The van der Waals surface area contributed by atoms with Gasteiger partial charge in [0, 0.05) is 13.1 Å². The van der Waals surface area contributed by atoms with Crippen LogP contribution < -0.4 is 5.73 Å². The Morgan fingerprint density at radius 1 is 1.41 bits per heavy atom. The summed E-state index contributed by atoms with van der Waals surface area (Å²) in [5.74, 6) is 0.0619. The van der Waals surface area contributed by atoms with E-state index in [1.54, 1.807) is 11.4 Å². The molecule has 1 aliphatic rings. The number of aliphatic hydroxyl groups is 1. The van der Waals surface area contributed by atoms with E-state index in [9.17, 15) is 13.5 Å². The zero-order valence-electron chi connectivity index (χ0n) is 12.2. The second kappa shape index (κ2) is 9.04. The molecule has 0 spiro atoms. The van der Waals surface area contributed by atoms with Gasteiger partial charge in [0.2, 0.25) is 0 Å². The maximum absolute atomic E-state index is 12.0. The van der Waals surface area contributed by atoms with Crippen molar-refractivity contribution in [1.82, 2.24) is 4.90 Å². The van der Waals surface area contributed by atoms with Crippen molar-refractivity contribution in [2.75, 3.05) is 25.4 Å². The molecule has 2 heterocycles.